The molecule has 0 aliphatic heterocycles. The van der Waals surface area contributed by atoms with E-state index in [0.29, 0.717) is 6.42 Å². The second-order valence-electron chi connectivity index (χ2n) is 20.1. The van der Waals surface area contributed by atoms with Crippen molar-refractivity contribution < 1.29 is 15.0 Å². The number of hydrogen-bond donors (Lipinski definition) is 3. The molecule has 0 aromatic rings. The molecule has 0 spiro atoms. The highest BCUT2D eigenvalue weighted by Crippen LogP contribution is 2.17. The number of aliphatic hydroxyl groups excluding tert-OH is 2. The standard InChI is InChI=1S/C62H115NO3/c1-3-5-7-9-11-13-15-17-19-21-23-25-27-29-30-31-32-34-35-37-39-41-43-45-47-49-51-53-55-57-61(65)60(59-64)63-62(66)58-56-54-52-50-48-46-44-42-40-38-36-33-28-26-24-22-20-18-16-14-12-10-8-6-4-2/h16,18,22,24,28,33,47,49,55,57,60-61,64-65H,3-15,17,19-21,23,25-27,29-32,34-46,48,50-54,56,58-59H2,1-2H3,(H,63,66)/b18-16-,24-22-,33-28-,49-47+,57-55+. The van der Waals surface area contributed by atoms with Crippen LogP contribution < -0.4 is 5.32 Å². The van der Waals surface area contributed by atoms with E-state index in [-0.39, 0.29) is 12.5 Å². The molecule has 2 unspecified atom stereocenters. The van der Waals surface area contributed by atoms with Crippen molar-refractivity contribution in [1.29, 1.82) is 0 Å². The van der Waals surface area contributed by atoms with Crippen molar-refractivity contribution in [2.75, 3.05) is 6.61 Å². The normalized spacial score (nSPS) is 13.2. The lowest BCUT2D eigenvalue weighted by molar-refractivity contribution is -0.123. The molecule has 0 bridgehead atoms. The van der Waals surface area contributed by atoms with Crippen molar-refractivity contribution in [3.8, 4) is 0 Å². The van der Waals surface area contributed by atoms with Gasteiger partial charge in [-0.15, -0.1) is 0 Å². The molecule has 0 aliphatic carbocycles. The van der Waals surface area contributed by atoms with Crippen LogP contribution in [-0.4, -0.2) is 34.9 Å². The van der Waals surface area contributed by atoms with Gasteiger partial charge >= 0.3 is 0 Å². The van der Waals surface area contributed by atoms with Crippen LogP contribution in [0.25, 0.3) is 0 Å². The Morgan fingerprint density at radius 2 is 0.636 bits per heavy atom. The van der Waals surface area contributed by atoms with Crippen molar-refractivity contribution in [2.24, 2.45) is 0 Å². The molecule has 0 aliphatic rings. The van der Waals surface area contributed by atoms with E-state index in [2.05, 4.69) is 67.8 Å². The molecular weight excluding hydrogens is 807 g/mol. The number of rotatable bonds is 54. The summed E-state index contributed by atoms with van der Waals surface area (Å²) in [5, 5.41) is 23.2. The van der Waals surface area contributed by atoms with Crippen molar-refractivity contribution in [3.63, 3.8) is 0 Å². The van der Waals surface area contributed by atoms with Gasteiger partial charge in [0.15, 0.2) is 0 Å². The molecule has 0 saturated heterocycles. The van der Waals surface area contributed by atoms with Gasteiger partial charge in [-0.1, -0.05) is 293 Å². The molecule has 0 radical (unpaired) electrons. The number of hydrogen-bond acceptors (Lipinski definition) is 3. The maximum atomic E-state index is 12.5. The Kier molecular flexibility index (Phi) is 55.7. The van der Waals surface area contributed by atoms with Crippen LogP contribution in [0.2, 0.25) is 0 Å². The maximum absolute atomic E-state index is 12.5. The number of nitrogens with one attached hydrogen (secondary N) is 1. The third kappa shape index (κ3) is 53.1. The predicted octanol–water partition coefficient (Wildman–Crippen LogP) is 19.6. The summed E-state index contributed by atoms with van der Waals surface area (Å²) in [5.41, 5.74) is 0. The van der Waals surface area contributed by atoms with E-state index in [0.717, 1.165) is 44.9 Å². The summed E-state index contributed by atoms with van der Waals surface area (Å²) < 4.78 is 0. The molecule has 386 valence electrons. The van der Waals surface area contributed by atoms with Crippen molar-refractivity contribution >= 4 is 5.91 Å². The lowest BCUT2D eigenvalue weighted by Crippen LogP contribution is -2.45. The van der Waals surface area contributed by atoms with Crippen molar-refractivity contribution in [3.05, 3.63) is 60.8 Å². The first-order valence-corrected chi connectivity index (χ1v) is 29.5. The molecule has 1 amide bonds. The number of amides is 1. The lowest BCUT2D eigenvalue weighted by Gasteiger charge is -2.19. The summed E-state index contributed by atoms with van der Waals surface area (Å²) in [6, 6.07) is -0.645. The monoisotopic (exact) mass is 922 g/mol. The van der Waals surface area contributed by atoms with Crippen LogP contribution in [0.5, 0.6) is 0 Å². The molecule has 4 nitrogen and oxygen atoms in total. The molecule has 0 heterocycles. The van der Waals surface area contributed by atoms with Gasteiger partial charge in [-0.25, -0.2) is 0 Å². The Morgan fingerprint density at radius 1 is 0.364 bits per heavy atom. The Morgan fingerprint density at radius 3 is 0.985 bits per heavy atom. The van der Waals surface area contributed by atoms with Crippen LogP contribution >= 0.6 is 0 Å². The van der Waals surface area contributed by atoms with E-state index in [4.69, 9.17) is 0 Å². The van der Waals surface area contributed by atoms with Crippen LogP contribution in [-0.2, 0) is 4.79 Å². The Labute approximate surface area is 413 Å². The van der Waals surface area contributed by atoms with Gasteiger partial charge in [0, 0.05) is 6.42 Å². The summed E-state index contributed by atoms with van der Waals surface area (Å²) in [7, 11) is 0. The Bertz CT molecular complexity index is 1090. The summed E-state index contributed by atoms with van der Waals surface area (Å²) in [6.07, 6.45) is 81.1. The molecular formula is C62H115NO3. The molecule has 0 aromatic heterocycles. The highest BCUT2D eigenvalue weighted by atomic mass is 16.3. The first-order chi connectivity index (χ1) is 32.7. The zero-order valence-electron chi connectivity index (χ0n) is 44.5. The Balaban J connectivity index is 3.54. The van der Waals surface area contributed by atoms with Crippen LogP contribution in [0.3, 0.4) is 0 Å². The highest BCUT2D eigenvalue weighted by Gasteiger charge is 2.18. The molecule has 0 saturated carbocycles. The number of unbranched alkanes of at least 4 members (excludes halogenated alkanes) is 39. The van der Waals surface area contributed by atoms with E-state index in [9.17, 15) is 15.0 Å². The number of allylic oxidation sites excluding steroid dienone is 9. The minimum absolute atomic E-state index is 0.0761. The molecule has 0 aromatic carbocycles. The van der Waals surface area contributed by atoms with Crippen LogP contribution in [0, 0.1) is 0 Å². The summed E-state index contributed by atoms with van der Waals surface area (Å²) in [5.74, 6) is -0.0761. The fourth-order valence-electron chi connectivity index (χ4n) is 8.97. The zero-order valence-corrected chi connectivity index (χ0v) is 44.5. The van der Waals surface area contributed by atoms with Gasteiger partial charge in [0.2, 0.25) is 5.91 Å². The molecule has 0 fully saturated rings. The number of aliphatic hydroxyl groups is 2. The van der Waals surface area contributed by atoms with Crippen molar-refractivity contribution in [1.82, 2.24) is 5.32 Å². The second-order valence-corrected chi connectivity index (χ2v) is 20.1. The summed E-state index contributed by atoms with van der Waals surface area (Å²) >= 11 is 0. The molecule has 0 rings (SSSR count). The lowest BCUT2D eigenvalue weighted by atomic mass is 10.0. The minimum atomic E-state index is -0.868. The highest BCUT2D eigenvalue weighted by molar-refractivity contribution is 5.76. The fourth-order valence-corrected chi connectivity index (χ4v) is 8.97. The topological polar surface area (TPSA) is 69.6 Å². The van der Waals surface area contributed by atoms with Gasteiger partial charge in [-0.05, 0) is 70.6 Å². The SMILES string of the molecule is CCCCCCC/C=C\C/C=C\C/C=C\CCCCCCCCCCCCC(=O)NC(CO)C(O)/C=C/CC/C=C/CCCCCCCCCCCCCCCCCCCCCCCCC. The van der Waals surface area contributed by atoms with Crippen LogP contribution in [0.15, 0.2) is 60.8 Å². The molecule has 4 heteroatoms. The summed E-state index contributed by atoms with van der Waals surface area (Å²) in [4.78, 5) is 12.5. The predicted molar refractivity (Wildman–Crippen MR) is 294 cm³/mol. The second kappa shape index (κ2) is 57.4. The van der Waals surface area contributed by atoms with Crippen LogP contribution in [0.1, 0.15) is 309 Å². The van der Waals surface area contributed by atoms with Gasteiger partial charge in [0.1, 0.15) is 0 Å². The average molecular weight is 923 g/mol. The number of carbonyl (C=O) groups excluding carboxylic acids is 1. The molecule has 2 atom stereocenters. The third-order valence-corrected chi connectivity index (χ3v) is 13.5. The first-order valence-electron chi connectivity index (χ1n) is 29.5. The number of carbonyl (C=O) groups is 1. The van der Waals surface area contributed by atoms with Gasteiger partial charge in [-0.3, -0.25) is 4.79 Å². The van der Waals surface area contributed by atoms with E-state index in [1.807, 2.05) is 6.08 Å². The minimum Gasteiger partial charge on any atom is -0.394 e. The van der Waals surface area contributed by atoms with Gasteiger partial charge in [0.25, 0.3) is 0 Å². The summed E-state index contributed by atoms with van der Waals surface area (Å²) in [6.45, 7) is 4.31. The van der Waals surface area contributed by atoms with Gasteiger partial charge < -0.3 is 15.5 Å². The average Bonchev–Trinajstić information content (AvgIpc) is 3.32. The van der Waals surface area contributed by atoms with E-state index < -0.39 is 12.1 Å². The maximum Gasteiger partial charge on any atom is 0.220 e. The fraction of sp³-hybridized carbons (Fsp3) is 0.823. The largest absolute Gasteiger partial charge is 0.394 e. The van der Waals surface area contributed by atoms with E-state index in [1.54, 1.807) is 6.08 Å². The zero-order chi connectivity index (χ0) is 47.7. The van der Waals surface area contributed by atoms with Crippen molar-refractivity contribution in [2.45, 2.75) is 321 Å². The van der Waals surface area contributed by atoms with E-state index in [1.165, 1.54) is 244 Å². The third-order valence-electron chi connectivity index (χ3n) is 13.5. The van der Waals surface area contributed by atoms with E-state index >= 15 is 0 Å². The first kappa shape index (κ1) is 64.1. The van der Waals surface area contributed by atoms with Gasteiger partial charge in [-0.2, -0.15) is 0 Å². The quantitative estimate of drug-likeness (QED) is 0.0420. The van der Waals surface area contributed by atoms with Gasteiger partial charge in [0.05, 0.1) is 18.8 Å². The van der Waals surface area contributed by atoms with Crippen LogP contribution in [0.4, 0.5) is 0 Å². The molecule has 66 heavy (non-hydrogen) atoms. The Hall–Kier alpha value is -1.91. The smallest absolute Gasteiger partial charge is 0.220 e. The molecule has 3 N–H and O–H groups in total.